The van der Waals surface area contributed by atoms with E-state index in [1.807, 2.05) is 44.2 Å². The van der Waals surface area contributed by atoms with Crippen LogP contribution in [0.1, 0.15) is 37.5 Å². The van der Waals surface area contributed by atoms with Gasteiger partial charge in [-0.1, -0.05) is 18.2 Å². The number of nitrogens with one attached hydrogen (secondary N) is 1. The Hall–Kier alpha value is -3.04. The standard InChI is InChI=1S/C24H29N5O3S/c1-5-32-23-14-25-21(13-26-23)24-17(4)9-10-22(28-24)27-20-8-6-7-18-15-29(12-11-19(18)20)33(30,31)16(2)3/h6-10,13-14,16H,5,11-12,15H2,1-4H3,(H,27,28). The molecule has 0 radical (unpaired) electrons. The zero-order chi connectivity index (χ0) is 23.6. The minimum Gasteiger partial charge on any atom is -0.477 e. The van der Waals surface area contributed by atoms with Gasteiger partial charge in [0.2, 0.25) is 15.9 Å². The van der Waals surface area contributed by atoms with Crippen molar-refractivity contribution in [2.24, 2.45) is 0 Å². The van der Waals surface area contributed by atoms with Gasteiger partial charge in [0.05, 0.1) is 29.9 Å². The van der Waals surface area contributed by atoms with Gasteiger partial charge in [0.25, 0.3) is 0 Å². The summed E-state index contributed by atoms with van der Waals surface area (Å²) in [5.41, 5.74) is 5.48. The topological polar surface area (TPSA) is 97.3 Å². The van der Waals surface area contributed by atoms with Gasteiger partial charge in [0.1, 0.15) is 11.5 Å². The number of hydrogen-bond donors (Lipinski definition) is 1. The van der Waals surface area contributed by atoms with Crippen molar-refractivity contribution in [3.63, 3.8) is 0 Å². The van der Waals surface area contributed by atoms with Gasteiger partial charge in [-0.2, -0.15) is 4.31 Å². The Labute approximate surface area is 195 Å². The van der Waals surface area contributed by atoms with Crippen molar-refractivity contribution < 1.29 is 13.2 Å². The van der Waals surface area contributed by atoms with Crippen LogP contribution in [0.2, 0.25) is 0 Å². The third kappa shape index (κ3) is 4.84. The van der Waals surface area contributed by atoms with Gasteiger partial charge < -0.3 is 10.1 Å². The predicted octanol–water partition coefficient (Wildman–Crippen LogP) is 4.09. The van der Waals surface area contributed by atoms with Gasteiger partial charge in [0, 0.05) is 18.8 Å². The maximum atomic E-state index is 12.6. The molecular formula is C24H29N5O3S. The van der Waals surface area contributed by atoms with Gasteiger partial charge in [-0.3, -0.25) is 0 Å². The molecule has 1 N–H and O–H groups in total. The van der Waals surface area contributed by atoms with Gasteiger partial charge in [-0.15, -0.1) is 0 Å². The van der Waals surface area contributed by atoms with Crippen LogP contribution >= 0.6 is 0 Å². The fourth-order valence-electron chi connectivity index (χ4n) is 3.87. The van der Waals surface area contributed by atoms with Crippen LogP contribution in [0.15, 0.2) is 42.7 Å². The molecule has 0 saturated carbocycles. The Bertz CT molecular complexity index is 1240. The number of ether oxygens (including phenoxy) is 1. The van der Waals surface area contributed by atoms with E-state index < -0.39 is 15.3 Å². The molecule has 0 fully saturated rings. The highest BCUT2D eigenvalue weighted by Crippen LogP contribution is 2.31. The van der Waals surface area contributed by atoms with Crippen molar-refractivity contribution in [2.45, 2.75) is 45.9 Å². The second-order valence-corrected chi connectivity index (χ2v) is 10.8. The summed E-state index contributed by atoms with van der Waals surface area (Å²) in [6, 6.07) is 9.86. The van der Waals surface area contributed by atoms with Crippen LogP contribution in [0.5, 0.6) is 5.88 Å². The van der Waals surface area contributed by atoms with E-state index in [9.17, 15) is 8.42 Å². The summed E-state index contributed by atoms with van der Waals surface area (Å²) in [5, 5.41) is 3.00. The molecule has 1 aliphatic rings. The maximum absolute atomic E-state index is 12.6. The van der Waals surface area contributed by atoms with Gasteiger partial charge in [-0.05, 0) is 62.9 Å². The van der Waals surface area contributed by atoms with Crippen LogP contribution < -0.4 is 10.1 Å². The molecule has 3 heterocycles. The Kier molecular flexibility index (Phi) is 6.62. The van der Waals surface area contributed by atoms with E-state index in [1.54, 1.807) is 30.5 Å². The van der Waals surface area contributed by atoms with Crippen LogP contribution in [0.25, 0.3) is 11.4 Å². The van der Waals surface area contributed by atoms with Crippen LogP contribution in [0.4, 0.5) is 11.5 Å². The molecule has 2 aromatic heterocycles. The van der Waals surface area contributed by atoms with Crippen LogP contribution in [0.3, 0.4) is 0 Å². The molecule has 3 aromatic rings. The molecule has 4 rings (SSSR count). The Morgan fingerprint density at radius 3 is 2.67 bits per heavy atom. The number of hydrogen-bond acceptors (Lipinski definition) is 7. The lowest BCUT2D eigenvalue weighted by Gasteiger charge is -2.30. The van der Waals surface area contributed by atoms with Crippen molar-refractivity contribution >= 4 is 21.5 Å². The van der Waals surface area contributed by atoms with E-state index in [-0.39, 0.29) is 0 Å². The average Bonchev–Trinajstić information content (AvgIpc) is 2.81. The number of sulfonamides is 1. The molecule has 0 amide bonds. The lowest BCUT2D eigenvalue weighted by atomic mass is 9.99. The zero-order valence-electron chi connectivity index (χ0n) is 19.4. The Morgan fingerprint density at radius 2 is 1.97 bits per heavy atom. The quantitative estimate of drug-likeness (QED) is 0.559. The highest BCUT2D eigenvalue weighted by atomic mass is 32.2. The van der Waals surface area contributed by atoms with Crippen LogP contribution in [-0.2, 0) is 23.0 Å². The number of fused-ring (bicyclic) bond motifs is 1. The molecule has 33 heavy (non-hydrogen) atoms. The molecule has 0 saturated heterocycles. The third-order valence-electron chi connectivity index (χ3n) is 5.71. The molecule has 8 nitrogen and oxygen atoms in total. The molecule has 0 atom stereocenters. The molecule has 9 heteroatoms. The summed E-state index contributed by atoms with van der Waals surface area (Å²) >= 11 is 0. The van der Waals surface area contributed by atoms with Crippen LogP contribution in [0, 0.1) is 6.92 Å². The van der Waals surface area contributed by atoms with E-state index in [0.717, 1.165) is 28.1 Å². The van der Waals surface area contributed by atoms with Crippen LogP contribution in [-0.4, -0.2) is 46.1 Å². The number of anilines is 2. The first kappa shape index (κ1) is 23.1. The minimum atomic E-state index is -3.28. The lowest BCUT2D eigenvalue weighted by Crippen LogP contribution is -2.40. The number of pyridine rings is 1. The largest absolute Gasteiger partial charge is 0.477 e. The summed E-state index contributed by atoms with van der Waals surface area (Å²) in [4.78, 5) is 13.5. The smallest absolute Gasteiger partial charge is 0.232 e. The number of benzene rings is 1. The summed E-state index contributed by atoms with van der Waals surface area (Å²) in [5.74, 6) is 1.18. The molecule has 1 aliphatic heterocycles. The Morgan fingerprint density at radius 1 is 1.15 bits per heavy atom. The fourth-order valence-corrected chi connectivity index (χ4v) is 5.13. The molecule has 0 unspecified atom stereocenters. The number of aromatic nitrogens is 3. The molecule has 174 valence electrons. The number of aryl methyl sites for hydroxylation is 1. The molecule has 1 aromatic carbocycles. The van der Waals surface area contributed by atoms with Gasteiger partial charge in [-0.25, -0.2) is 23.4 Å². The average molecular weight is 468 g/mol. The number of nitrogens with zero attached hydrogens (tertiary/aromatic N) is 4. The number of rotatable bonds is 7. The predicted molar refractivity (Wildman–Crippen MR) is 129 cm³/mol. The zero-order valence-corrected chi connectivity index (χ0v) is 20.2. The molecule has 0 aliphatic carbocycles. The van der Waals surface area contributed by atoms with E-state index >= 15 is 0 Å². The van der Waals surface area contributed by atoms with E-state index in [4.69, 9.17) is 9.72 Å². The SMILES string of the molecule is CCOc1cnc(-c2nc(Nc3cccc4c3CCN(S(=O)(=O)C(C)C)C4)ccc2C)cn1. The molecular weight excluding hydrogens is 438 g/mol. The second kappa shape index (κ2) is 9.44. The Balaban J connectivity index is 1.59. The fraction of sp³-hybridized carbons (Fsp3) is 0.375. The lowest BCUT2D eigenvalue weighted by molar-refractivity contribution is 0.325. The van der Waals surface area contributed by atoms with E-state index in [2.05, 4.69) is 15.3 Å². The van der Waals surface area contributed by atoms with E-state index in [1.165, 1.54) is 0 Å². The third-order valence-corrected chi connectivity index (χ3v) is 7.93. The molecule has 0 spiro atoms. The first-order valence-electron chi connectivity index (χ1n) is 11.1. The van der Waals surface area contributed by atoms with Crippen molar-refractivity contribution in [2.75, 3.05) is 18.5 Å². The van der Waals surface area contributed by atoms with Gasteiger partial charge >= 0.3 is 0 Å². The first-order chi connectivity index (χ1) is 15.8. The van der Waals surface area contributed by atoms with Crippen molar-refractivity contribution in [3.05, 3.63) is 59.4 Å². The van der Waals surface area contributed by atoms with Crippen molar-refractivity contribution in [1.29, 1.82) is 0 Å². The first-order valence-corrected chi connectivity index (χ1v) is 12.6. The summed E-state index contributed by atoms with van der Waals surface area (Å²) in [6.45, 7) is 8.72. The monoisotopic (exact) mass is 467 g/mol. The highest BCUT2D eigenvalue weighted by Gasteiger charge is 2.30. The van der Waals surface area contributed by atoms with Crippen molar-refractivity contribution in [1.82, 2.24) is 19.3 Å². The second-order valence-electron chi connectivity index (χ2n) is 8.28. The van der Waals surface area contributed by atoms with Gasteiger partial charge in [0.15, 0.2) is 0 Å². The summed E-state index contributed by atoms with van der Waals surface area (Å²) in [6.07, 6.45) is 3.91. The highest BCUT2D eigenvalue weighted by molar-refractivity contribution is 7.89. The maximum Gasteiger partial charge on any atom is 0.232 e. The normalized spacial score (nSPS) is 14.2. The summed E-state index contributed by atoms with van der Waals surface area (Å²) in [7, 11) is -3.28. The minimum absolute atomic E-state index is 0.389. The van der Waals surface area contributed by atoms with E-state index in [0.29, 0.717) is 43.5 Å². The van der Waals surface area contributed by atoms with Crippen molar-refractivity contribution in [3.8, 4) is 17.3 Å². The molecule has 0 bridgehead atoms. The summed E-state index contributed by atoms with van der Waals surface area (Å²) < 4.78 is 32.2.